The molecule has 0 bridgehead atoms. The molecule has 2 heterocycles. The van der Waals surface area contributed by atoms with Gasteiger partial charge in [-0.25, -0.2) is 4.98 Å². The van der Waals surface area contributed by atoms with E-state index in [-0.39, 0.29) is 0 Å². The molecule has 0 aromatic carbocycles. The van der Waals surface area contributed by atoms with Gasteiger partial charge in [0.15, 0.2) is 0 Å². The highest BCUT2D eigenvalue weighted by atomic mass is 32.2. The Labute approximate surface area is 193 Å². The molecule has 164 valence electrons. The molecule has 0 saturated carbocycles. The number of rotatable bonds is 12. The summed E-state index contributed by atoms with van der Waals surface area (Å²) in [4.78, 5) is 7.00. The molecule has 31 heavy (non-hydrogen) atoms. The van der Waals surface area contributed by atoms with E-state index >= 15 is 0 Å². The normalized spacial score (nSPS) is 11.6. The maximum Gasteiger partial charge on any atom is 0.116 e. The summed E-state index contributed by atoms with van der Waals surface area (Å²) >= 11 is 3.34. The lowest BCUT2D eigenvalue weighted by atomic mass is 10.0. The summed E-state index contributed by atoms with van der Waals surface area (Å²) in [5, 5.41) is 15.8. The highest BCUT2D eigenvalue weighted by Crippen LogP contribution is 2.34. The molecule has 0 radical (unpaired) electrons. The smallest absolute Gasteiger partial charge is 0.116 e. The van der Waals surface area contributed by atoms with Crippen LogP contribution in [-0.2, 0) is 11.8 Å². The summed E-state index contributed by atoms with van der Waals surface area (Å²) in [7, 11) is 3.58. The number of methoxy groups -OCH3 is 1. The van der Waals surface area contributed by atoms with E-state index in [0.29, 0.717) is 18.7 Å². The van der Waals surface area contributed by atoms with Crippen molar-refractivity contribution in [3.63, 3.8) is 0 Å². The maximum atomic E-state index is 9.98. The van der Waals surface area contributed by atoms with Gasteiger partial charge in [0, 0.05) is 49.5 Å². The van der Waals surface area contributed by atoms with Crippen LogP contribution in [0.5, 0.6) is 0 Å². The lowest BCUT2D eigenvalue weighted by Crippen LogP contribution is -2.17. The Kier molecular flexibility index (Phi) is 10.4. The maximum absolute atomic E-state index is 9.98. The van der Waals surface area contributed by atoms with Crippen LogP contribution < -0.4 is 0 Å². The van der Waals surface area contributed by atoms with Crippen molar-refractivity contribution in [3.05, 3.63) is 60.6 Å². The summed E-state index contributed by atoms with van der Waals surface area (Å²) in [5.74, 6) is 0.897. The fraction of sp³-hybridized carbons (Fsp3) is 0.348. The van der Waals surface area contributed by atoms with Crippen LogP contribution in [0.3, 0.4) is 0 Å². The summed E-state index contributed by atoms with van der Waals surface area (Å²) in [6.45, 7) is 9.21. The first kappa shape index (κ1) is 24.8. The zero-order valence-corrected chi connectivity index (χ0v) is 20.2. The van der Waals surface area contributed by atoms with Gasteiger partial charge in [-0.05, 0) is 26.0 Å². The molecule has 0 aliphatic carbocycles. The molecule has 0 unspecified atom stereocenters. The number of aromatic nitrogens is 3. The molecule has 8 heteroatoms. The van der Waals surface area contributed by atoms with Crippen LogP contribution in [0, 0.1) is 11.3 Å². The van der Waals surface area contributed by atoms with Gasteiger partial charge in [-0.15, -0.1) is 18.3 Å². The molecule has 2 rings (SSSR count). The largest absolute Gasteiger partial charge is 0.384 e. The van der Waals surface area contributed by atoms with Gasteiger partial charge >= 0.3 is 0 Å². The Morgan fingerprint density at radius 1 is 1.42 bits per heavy atom. The van der Waals surface area contributed by atoms with Gasteiger partial charge in [0.1, 0.15) is 11.1 Å². The molecule has 6 nitrogen and oxygen atoms in total. The molecule has 0 aliphatic rings. The van der Waals surface area contributed by atoms with E-state index in [4.69, 9.17) is 9.72 Å². The van der Waals surface area contributed by atoms with E-state index in [2.05, 4.69) is 22.6 Å². The van der Waals surface area contributed by atoms with Crippen molar-refractivity contribution in [1.82, 2.24) is 19.7 Å². The third-order valence-electron chi connectivity index (χ3n) is 4.41. The second-order valence-electron chi connectivity index (χ2n) is 6.45. The van der Waals surface area contributed by atoms with Crippen LogP contribution >= 0.6 is 23.5 Å². The van der Waals surface area contributed by atoms with Crippen molar-refractivity contribution in [2.24, 2.45) is 7.05 Å². The van der Waals surface area contributed by atoms with E-state index < -0.39 is 0 Å². The average Bonchev–Trinajstić information content (AvgIpc) is 3.19. The predicted molar refractivity (Wildman–Crippen MR) is 132 cm³/mol. The standard InChI is InChI=1S/C23H29N5OS2/c1-6-11-28(12-7-2)21(8-3)20-15-18(22-9-10-25-27(22)4)19(16-24)23(26-20)31-17-30-14-13-29-5/h6-10,12,15H,1,11,13-14,17H2,2-5H3/b12-7-,21-8-. The van der Waals surface area contributed by atoms with Crippen molar-refractivity contribution in [2.75, 3.05) is 31.1 Å². The average molecular weight is 456 g/mol. The van der Waals surface area contributed by atoms with Gasteiger partial charge < -0.3 is 9.64 Å². The number of aryl methyl sites for hydroxylation is 1. The topological polar surface area (TPSA) is 67.0 Å². The minimum atomic E-state index is 0.571. The van der Waals surface area contributed by atoms with Crippen LogP contribution in [0.4, 0.5) is 0 Å². The third-order valence-corrected chi connectivity index (χ3v) is 6.57. The first-order valence-corrected chi connectivity index (χ1v) is 12.0. The number of nitriles is 1. The van der Waals surface area contributed by atoms with E-state index in [1.807, 2.05) is 57.5 Å². The van der Waals surface area contributed by atoms with Gasteiger partial charge in [0.25, 0.3) is 0 Å². The SMILES string of the molecule is C=CCN(/C=C\C)/C(=C\C)c1cc(-c2ccnn2C)c(C#N)c(SCSCCOC)n1. The van der Waals surface area contributed by atoms with Crippen molar-refractivity contribution in [2.45, 2.75) is 18.9 Å². The Morgan fingerprint density at radius 3 is 2.81 bits per heavy atom. The summed E-state index contributed by atoms with van der Waals surface area (Å²) in [6.07, 6.45) is 9.63. The van der Waals surface area contributed by atoms with E-state index in [1.54, 1.807) is 41.5 Å². The third kappa shape index (κ3) is 6.50. The first-order chi connectivity index (χ1) is 15.1. The zero-order chi connectivity index (χ0) is 22.6. The van der Waals surface area contributed by atoms with Crippen LogP contribution in [0.15, 0.2) is 54.4 Å². The van der Waals surface area contributed by atoms with Gasteiger partial charge in [-0.1, -0.05) is 30.0 Å². The molecule has 0 atom stereocenters. The summed E-state index contributed by atoms with van der Waals surface area (Å²) in [6, 6.07) is 6.27. The number of ether oxygens (including phenoxy) is 1. The predicted octanol–water partition coefficient (Wildman–Crippen LogP) is 5.17. The molecule has 2 aromatic rings. The van der Waals surface area contributed by atoms with Gasteiger partial charge in [-0.2, -0.15) is 10.4 Å². The van der Waals surface area contributed by atoms with Crippen LogP contribution in [-0.4, -0.2) is 50.8 Å². The molecule has 0 aliphatic heterocycles. The van der Waals surface area contributed by atoms with E-state index in [9.17, 15) is 5.26 Å². The van der Waals surface area contributed by atoms with Crippen molar-refractivity contribution in [3.8, 4) is 17.3 Å². The molecule has 0 fully saturated rings. The highest BCUT2D eigenvalue weighted by molar-refractivity contribution is 8.16. The summed E-state index contributed by atoms with van der Waals surface area (Å²) < 4.78 is 6.90. The first-order valence-electron chi connectivity index (χ1n) is 9.91. The van der Waals surface area contributed by atoms with Crippen LogP contribution in [0.1, 0.15) is 25.1 Å². The fourth-order valence-electron chi connectivity index (χ4n) is 3.02. The second kappa shape index (κ2) is 13.1. The van der Waals surface area contributed by atoms with Crippen LogP contribution in [0.2, 0.25) is 0 Å². The Bertz CT molecular complexity index is 975. The lowest BCUT2D eigenvalue weighted by Gasteiger charge is -2.23. The van der Waals surface area contributed by atoms with Crippen molar-refractivity contribution < 1.29 is 4.74 Å². The van der Waals surface area contributed by atoms with E-state index in [1.165, 1.54) is 0 Å². The zero-order valence-electron chi connectivity index (χ0n) is 18.5. The molecule has 2 aromatic heterocycles. The molecule has 0 amide bonds. The quantitative estimate of drug-likeness (QED) is 0.189. The summed E-state index contributed by atoms with van der Waals surface area (Å²) in [5.41, 5.74) is 4.05. The molecular weight excluding hydrogens is 426 g/mol. The highest BCUT2D eigenvalue weighted by Gasteiger charge is 2.20. The van der Waals surface area contributed by atoms with E-state index in [0.717, 1.165) is 38.5 Å². The number of allylic oxidation sites excluding steroid dienone is 2. The minimum Gasteiger partial charge on any atom is -0.384 e. The monoisotopic (exact) mass is 455 g/mol. The van der Waals surface area contributed by atoms with Crippen LogP contribution in [0.25, 0.3) is 17.0 Å². The second-order valence-corrected chi connectivity index (χ2v) is 8.88. The van der Waals surface area contributed by atoms with Crippen molar-refractivity contribution in [1.29, 1.82) is 5.26 Å². The van der Waals surface area contributed by atoms with Gasteiger partial charge in [0.05, 0.1) is 29.3 Å². The number of pyridine rings is 1. The van der Waals surface area contributed by atoms with Crippen molar-refractivity contribution >= 4 is 29.2 Å². The number of hydrogen-bond donors (Lipinski definition) is 0. The lowest BCUT2D eigenvalue weighted by molar-refractivity contribution is 0.219. The molecule has 0 saturated heterocycles. The number of nitrogens with zero attached hydrogens (tertiary/aromatic N) is 5. The number of hydrogen-bond acceptors (Lipinski definition) is 7. The fourth-order valence-corrected chi connectivity index (χ4v) is 5.02. The molecule has 0 N–H and O–H groups in total. The Morgan fingerprint density at radius 2 is 2.23 bits per heavy atom. The van der Waals surface area contributed by atoms with Gasteiger partial charge in [0.2, 0.25) is 0 Å². The minimum absolute atomic E-state index is 0.571. The Hall–Kier alpha value is -2.47. The van der Waals surface area contributed by atoms with Gasteiger partial charge in [-0.3, -0.25) is 4.68 Å². The molecule has 0 spiro atoms. The number of thioether (sulfide) groups is 2. The Balaban J connectivity index is 2.57. The molecular formula is C23H29N5OS2.